The molecule has 1 aliphatic rings. The third-order valence-corrected chi connectivity index (χ3v) is 4.52. The first kappa shape index (κ1) is 16.0. The fraction of sp³-hybridized carbons (Fsp3) is 0.647. The molecule has 1 aromatic rings. The van der Waals surface area contributed by atoms with Crippen LogP contribution in [0.15, 0.2) is 18.2 Å². The van der Waals surface area contributed by atoms with Crippen LogP contribution in [0, 0.1) is 18.8 Å². The second-order valence-electron chi connectivity index (χ2n) is 6.01. The zero-order valence-corrected chi connectivity index (χ0v) is 13.2. The van der Waals surface area contributed by atoms with Gasteiger partial charge in [0.05, 0.1) is 12.2 Å². The summed E-state index contributed by atoms with van der Waals surface area (Å²) in [6.07, 6.45) is 4.43. The number of aryl methyl sites for hydroxylation is 1. The molecule has 2 N–H and O–H groups in total. The van der Waals surface area contributed by atoms with Crippen LogP contribution in [0.2, 0.25) is 0 Å². The lowest BCUT2D eigenvalue weighted by molar-refractivity contribution is -0.138. The second kappa shape index (κ2) is 7.55. The van der Waals surface area contributed by atoms with Gasteiger partial charge >= 0.3 is 0 Å². The van der Waals surface area contributed by atoms with E-state index < -0.39 is 0 Å². The molecular weight excluding hydrogens is 262 g/mol. The van der Waals surface area contributed by atoms with Crippen molar-refractivity contribution in [3.63, 3.8) is 0 Å². The predicted molar refractivity (Wildman–Crippen MR) is 84.6 cm³/mol. The highest BCUT2D eigenvalue weighted by molar-refractivity contribution is 5.79. The standard InChI is InChI=1S/C17H27N3O/c1-3-20(12-15-9-6-7-13(2)19-15)17(21)16-10-5-4-8-14(16)11-18/h6-7,9,14,16H,3-5,8,10-12,18H2,1-2H3. The van der Waals surface area contributed by atoms with Crippen LogP contribution in [-0.4, -0.2) is 28.9 Å². The van der Waals surface area contributed by atoms with Crippen molar-refractivity contribution in [1.82, 2.24) is 9.88 Å². The molecule has 116 valence electrons. The number of amides is 1. The lowest BCUT2D eigenvalue weighted by atomic mass is 9.78. The van der Waals surface area contributed by atoms with E-state index in [1.54, 1.807) is 0 Å². The fourth-order valence-corrected chi connectivity index (χ4v) is 3.28. The molecule has 2 rings (SSSR count). The Morgan fingerprint density at radius 3 is 2.81 bits per heavy atom. The molecule has 2 atom stereocenters. The van der Waals surface area contributed by atoms with Crippen LogP contribution in [0.3, 0.4) is 0 Å². The van der Waals surface area contributed by atoms with E-state index in [-0.39, 0.29) is 11.8 Å². The Hall–Kier alpha value is -1.42. The Labute approximate surface area is 127 Å². The summed E-state index contributed by atoms with van der Waals surface area (Å²) in [4.78, 5) is 19.3. The van der Waals surface area contributed by atoms with Crippen molar-refractivity contribution in [2.45, 2.75) is 46.1 Å². The molecule has 4 heteroatoms. The monoisotopic (exact) mass is 289 g/mol. The number of carbonyl (C=O) groups excluding carboxylic acids is 1. The molecule has 1 heterocycles. The average molecular weight is 289 g/mol. The van der Waals surface area contributed by atoms with Crippen LogP contribution in [0.4, 0.5) is 0 Å². The molecule has 1 aliphatic carbocycles. The molecule has 0 spiro atoms. The highest BCUT2D eigenvalue weighted by atomic mass is 16.2. The van der Waals surface area contributed by atoms with E-state index in [0.717, 1.165) is 37.2 Å². The van der Waals surface area contributed by atoms with Crippen LogP contribution in [-0.2, 0) is 11.3 Å². The summed E-state index contributed by atoms with van der Waals surface area (Å²) in [6.45, 7) is 5.96. The van der Waals surface area contributed by atoms with Gasteiger partial charge in [0.25, 0.3) is 0 Å². The van der Waals surface area contributed by atoms with E-state index in [1.165, 1.54) is 6.42 Å². The van der Waals surface area contributed by atoms with E-state index in [0.29, 0.717) is 19.0 Å². The number of pyridine rings is 1. The predicted octanol–water partition coefficient (Wildman–Crippen LogP) is 2.50. The van der Waals surface area contributed by atoms with Crippen molar-refractivity contribution in [3.05, 3.63) is 29.6 Å². The molecule has 1 aromatic heterocycles. The summed E-state index contributed by atoms with van der Waals surface area (Å²) in [5.41, 5.74) is 7.82. The molecule has 1 amide bonds. The number of nitrogens with two attached hydrogens (primary N) is 1. The van der Waals surface area contributed by atoms with Crippen LogP contribution in [0.5, 0.6) is 0 Å². The van der Waals surface area contributed by atoms with Gasteiger partial charge in [0.15, 0.2) is 0 Å². The fourth-order valence-electron chi connectivity index (χ4n) is 3.28. The van der Waals surface area contributed by atoms with Gasteiger partial charge in [0.2, 0.25) is 5.91 Å². The molecule has 0 saturated heterocycles. The van der Waals surface area contributed by atoms with Gasteiger partial charge in [-0.3, -0.25) is 9.78 Å². The average Bonchev–Trinajstić information content (AvgIpc) is 2.52. The molecule has 1 saturated carbocycles. The van der Waals surface area contributed by atoms with Crippen LogP contribution >= 0.6 is 0 Å². The largest absolute Gasteiger partial charge is 0.337 e. The summed E-state index contributed by atoms with van der Waals surface area (Å²) in [6, 6.07) is 5.97. The quantitative estimate of drug-likeness (QED) is 0.906. The summed E-state index contributed by atoms with van der Waals surface area (Å²) in [5.74, 6) is 0.718. The minimum atomic E-state index is 0.105. The van der Waals surface area contributed by atoms with Gasteiger partial charge in [-0.1, -0.05) is 18.9 Å². The van der Waals surface area contributed by atoms with Crippen molar-refractivity contribution < 1.29 is 4.79 Å². The number of hydrogen-bond acceptors (Lipinski definition) is 3. The minimum Gasteiger partial charge on any atom is -0.337 e. The van der Waals surface area contributed by atoms with Crippen molar-refractivity contribution in [2.75, 3.05) is 13.1 Å². The summed E-state index contributed by atoms with van der Waals surface area (Å²) >= 11 is 0. The zero-order chi connectivity index (χ0) is 15.2. The van der Waals surface area contributed by atoms with Crippen molar-refractivity contribution in [3.8, 4) is 0 Å². The maximum atomic E-state index is 12.8. The van der Waals surface area contributed by atoms with Crippen molar-refractivity contribution >= 4 is 5.91 Å². The van der Waals surface area contributed by atoms with E-state index in [9.17, 15) is 4.79 Å². The Morgan fingerprint density at radius 1 is 1.38 bits per heavy atom. The lowest BCUT2D eigenvalue weighted by Crippen LogP contribution is -2.42. The molecule has 4 nitrogen and oxygen atoms in total. The Balaban J connectivity index is 2.07. The number of nitrogens with zero attached hydrogens (tertiary/aromatic N) is 2. The van der Waals surface area contributed by atoms with Gasteiger partial charge in [-0.2, -0.15) is 0 Å². The first-order chi connectivity index (χ1) is 10.2. The van der Waals surface area contributed by atoms with Crippen molar-refractivity contribution in [1.29, 1.82) is 0 Å². The minimum absolute atomic E-state index is 0.105. The summed E-state index contributed by atoms with van der Waals surface area (Å²) in [7, 11) is 0. The number of hydrogen-bond donors (Lipinski definition) is 1. The first-order valence-electron chi connectivity index (χ1n) is 8.07. The topological polar surface area (TPSA) is 59.2 Å². The van der Waals surface area contributed by atoms with Gasteiger partial charge in [-0.25, -0.2) is 0 Å². The molecule has 0 bridgehead atoms. The highest BCUT2D eigenvalue weighted by Crippen LogP contribution is 2.31. The Kier molecular flexibility index (Phi) is 5.74. The summed E-state index contributed by atoms with van der Waals surface area (Å²) in [5, 5.41) is 0. The molecule has 1 fully saturated rings. The normalized spacial score (nSPS) is 22.0. The number of aromatic nitrogens is 1. The van der Waals surface area contributed by atoms with Gasteiger partial charge in [0, 0.05) is 18.2 Å². The van der Waals surface area contributed by atoms with E-state index in [2.05, 4.69) is 4.98 Å². The Bertz CT molecular complexity index is 475. The maximum Gasteiger partial charge on any atom is 0.226 e. The smallest absolute Gasteiger partial charge is 0.226 e. The molecule has 21 heavy (non-hydrogen) atoms. The molecule has 0 aliphatic heterocycles. The molecule has 2 unspecified atom stereocenters. The van der Waals surface area contributed by atoms with E-state index in [4.69, 9.17) is 5.73 Å². The number of rotatable bonds is 5. The van der Waals surface area contributed by atoms with Gasteiger partial charge in [0.1, 0.15) is 0 Å². The van der Waals surface area contributed by atoms with Crippen molar-refractivity contribution in [2.24, 2.45) is 17.6 Å². The van der Waals surface area contributed by atoms with Crippen LogP contribution in [0.1, 0.15) is 44.0 Å². The molecule has 0 aromatic carbocycles. The second-order valence-corrected chi connectivity index (χ2v) is 6.01. The van der Waals surface area contributed by atoms with E-state index in [1.807, 2.05) is 36.9 Å². The third-order valence-electron chi connectivity index (χ3n) is 4.52. The highest BCUT2D eigenvalue weighted by Gasteiger charge is 2.32. The number of carbonyl (C=O) groups is 1. The zero-order valence-electron chi connectivity index (χ0n) is 13.2. The summed E-state index contributed by atoms with van der Waals surface area (Å²) < 4.78 is 0. The Morgan fingerprint density at radius 2 is 2.14 bits per heavy atom. The third kappa shape index (κ3) is 4.03. The molecular formula is C17H27N3O. The van der Waals surface area contributed by atoms with Crippen LogP contribution < -0.4 is 5.73 Å². The van der Waals surface area contributed by atoms with Crippen LogP contribution in [0.25, 0.3) is 0 Å². The van der Waals surface area contributed by atoms with E-state index >= 15 is 0 Å². The molecule has 0 radical (unpaired) electrons. The SMILES string of the molecule is CCN(Cc1cccc(C)n1)C(=O)C1CCCCC1CN. The van der Waals surface area contributed by atoms with Gasteiger partial charge in [-0.15, -0.1) is 0 Å². The van der Waals surface area contributed by atoms with Gasteiger partial charge in [-0.05, 0) is 51.3 Å². The maximum absolute atomic E-state index is 12.8. The van der Waals surface area contributed by atoms with Gasteiger partial charge < -0.3 is 10.6 Å². The lowest BCUT2D eigenvalue weighted by Gasteiger charge is -2.33. The first-order valence-corrected chi connectivity index (χ1v) is 8.07.